The average molecular weight is 115 g/mol. The van der Waals surface area contributed by atoms with E-state index in [1.165, 1.54) is 0 Å². The minimum absolute atomic E-state index is 0.437. The van der Waals surface area contributed by atoms with Crippen LogP contribution in [0.1, 0.15) is 20.8 Å². The van der Waals surface area contributed by atoms with Crippen LogP contribution < -0.4 is 0 Å². The Morgan fingerprint density at radius 3 is 2.00 bits per heavy atom. The Bertz CT molecular complexity index is 70.9. The van der Waals surface area contributed by atoms with E-state index in [0.29, 0.717) is 18.4 Å². The van der Waals surface area contributed by atoms with E-state index in [1.807, 2.05) is 6.92 Å². The van der Waals surface area contributed by atoms with Gasteiger partial charge in [0.2, 0.25) is 0 Å². The summed E-state index contributed by atoms with van der Waals surface area (Å²) in [6.07, 6.45) is 0. The van der Waals surface area contributed by atoms with Gasteiger partial charge < -0.3 is 0 Å². The first-order chi connectivity index (χ1) is 3.68. The molecule has 0 spiro atoms. The van der Waals surface area contributed by atoms with E-state index in [2.05, 4.69) is 19.0 Å². The van der Waals surface area contributed by atoms with E-state index >= 15 is 0 Å². The normalized spacial score (nSPS) is 14.0. The molecule has 0 heterocycles. The van der Waals surface area contributed by atoms with Crippen molar-refractivity contribution in [3.8, 4) is 0 Å². The lowest BCUT2D eigenvalue weighted by Gasteiger charge is -2.08. The number of nitroso groups, excluding NO2 is 1. The van der Waals surface area contributed by atoms with Crippen LogP contribution in [0.5, 0.6) is 0 Å². The molecule has 0 aliphatic carbocycles. The number of rotatable bonds is 3. The summed E-state index contributed by atoms with van der Waals surface area (Å²) in [6.45, 7) is 6.68. The fourth-order valence-corrected chi connectivity index (χ4v) is 0.328. The van der Waals surface area contributed by atoms with E-state index in [-0.39, 0.29) is 0 Å². The first kappa shape index (κ1) is 7.60. The number of nitrogens with zero attached hydrogens (tertiary/aromatic N) is 1. The summed E-state index contributed by atoms with van der Waals surface area (Å²) in [4.78, 5) is 9.67. The van der Waals surface area contributed by atoms with E-state index in [1.54, 1.807) is 0 Å². The molecule has 8 heavy (non-hydrogen) atoms. The first-order valence-electron chi connectivity index (χ1n) is 2.97. The summed E-state index contributed by atoms with van der Waals surface area (Å²) in [5.41, 5.74) is 0. The maximum Gasteiger partial charge on any atom is 0.0839 e. The molecular formula is C6H13NO. The molecule has 0 aromatic heterocycles. The van der Waals surface area contributed by atoms with Crippen LogP contribution in [0.15, 0.2) is 5.18 Å². The first-order valence-corrected chi connectivity index (χ1v) is 2.97. The Morgan fingerprint density at radius 2 is 1.88 bits per heavy atom. The monoisotopic (exact) mass is 115 g/mol. The van der Waals surface area contributed by atoms with Crippen LogP contribution >= 0.6 is 0 Å². The van der Waals surface area contributed by atoms with Crippen LogP contribution in [0.25, 0.3) is 0 Å². The minimum Gasteiger partial charge on any atom is -0.151 e. The van der Waals surface area contributed by atoms with Gasteiger partial charge in [-0.2, -0.15) is 4.91 Å². The maximum atomic E-state index is 9.67. The predicted molar refractivity (Wildman–Crippen MR) is 34.7 cm³/mol. The molecule has 0 aliphatic rings. The van der Waals surface area contributed by atoms with Crippen molar-refractivity contribution in [1.82, 2.24) is 0 Å². The predicted octanol–water partition coefficient (Wildman–Crippen LogP) is 2.04. The Morgan fingerprint density at radius 1 is 1.38 bits per heavy atom. The largest absolute Gasteiger partial charge is 0.151 e. The van der Waals surface area contributed by atoms with Crippen LogP contribution in [-0.2, 0) is 0 Å². The summed E-state index contributed by atoms with van der Waals surface area (Å²) in [5, 5.41) is 2.81. The van der Waals surface area contributed by atoms with Gasteiger partial charge in [-0.05, 0) is 11.8 Å². The Labute approximate surface area is 50.3 Å². The lowest BCUT2D eigenvalue weighted by atomic mass is 9.99. The Balaban J connectivity index is 3.30. The highest BCUT2D eigenvalue weighted by molar-refractivity contribution is 4.58. The van der Waals surface area contributed by atoms with E-state index < -0.39 is 0 Å². The van der Waals surface area contributed by atoms with Crippen molar-refractivity contribution < 1.29 is 0 Å². The number of hydrogen-bond acceptors (Lipinski definition) is 2. The molecule has 0 saturated carbocycles. The van der Waals surface area contributed by atoms with E-state index in [4.69, 9.17) is 0 Å². The van der Waals surface area contributed by atoms with Crippen LogP contribution in [0.3, 0.4) is 0 Å². The molecule has 0 aliphatic heterocycles. The zero-order valence-electron chi connectivity index (χ0n) is 5.72. The highest BCUT2D eigenvalue weighted by Gasteiger charge is 2.04. The molecule has 0 bridgehead atoms. The van der Waals surface area contributed by atoms with Gasteiger partial charge in [-0.15, -0.1) is 0 Å². The van der Waals surface area contributed by atoms with Gasteiger partial charge in [0.1, 0.15) is 0 Å². The second-order valence-corrected chi connectivity index (χ2v) is 2.53. The third-order valence-corrected chi connectivity index (χ3v) is 1.50. The molecule has 0 saturated heterocycles. The second kappa shape index (κ2) is 3.58. The maximum absolute atomic E-state index is 9.67. The molecule has 0 rings (SSSR count). The van der Waals surface area contributed by atoms with Crippen molar-refractivity contribution in [2.75, 3.05) is 6.54 Å². The van der Waals surface area contributed by atoms with Crippen LogP contribution in [0, 0.1) is 16.7 Å². The van der Waals surface area contributed by atoms with Crippen molar-refractivity contribution in [3.05, 3.63) is 4.91 Å². The van der Waals surface area contributed by atoms with Crippen LogP contribution in [0.2, 0.25) is 0 Å². The molecule has 2 heteroatoms. The molecule has 0 amide bonds. The Hall–Kier alpha value is -0.400. The third-order valence-electron chi connectivity index (χ3n) is 1.50. The lowest BCUT2D eigenvalue weighted by Crippen LogP contribution is -2.06. The van der Waals surface area contributed by atoms with Crippen molar-refractivity contribution in [2.45, 2.75) is 20.8 Å². The average Bonchev–Trinajstić information content (AvgIpc) is 1.67. The van der Waals surface area contributed by atoms with Gasteiger partial charge in [-0.1, -0.05) is 25.9 Å². The van der Waals surface area contributed by atoms with Gasteiger partial charge in [-0.25, -0.2) is 0 Å². The van der Waals surface area contributed by atoms with Crippen LogP contribution in [-0.4, -0.2) is 6.54 Å². The topological polar surface area (TPSA) is 29.4 Å². The van der Waals surface area contributed by atoms with Crippen molar-refractivity contribution in [2.24, 2.45) is 17.0 Å². The van der Waals surface area contributed by atoms with Gasteiger partial charge in [0.15, 0.2) is 0 Å². The summed E-state index contributed by atoms with van der Waals surface area (Å²) < 4.78 is 0. The fourth-order valence-electron chi connectivity index (χ4n) is 0.328. The summed E-state index contributed by atoms with van der Waals surface area (Å²) in [6, 6.07) is 0. The Kier molecular flexibility index (Phi) is 3.40. The van der Waals surface area contributed by atoms with Crippen LogP contribution in [0.4, 0.5) is 0 Å². The summed E-state index contributed by atoms with van der Waals surface area (Å²) in [5.74, 6) is 1.01. The SMILES string of the molecule is CC(C)[C@H](C)CN=O. The zero-order chi connectivity index (χ0) is 6.57. The molecule has 0 N–H and O–H groups in total. The van der Waals surface area contributed by atoms with E-state index in [9.17, 15) is 4.91 Å². The lowest BCUT2D eigenvalue weighted by molar-refractivity contribution is 0.429. The molecule has 0 aromatic rings. The highest BCUT2D eigenvalue weighted by Crippen LogP contribution is 2.08. The standard InChI is InChI=1S/C6H13NO/c1-5(2)6(3)4-7-8/h5-6H,4H2,1-3H3/t6-/m1/s1. The molecule has 0 aromatic carbocycles. The molecule has 0 radical (unpaired) electrons. The van der Waals surface area contributed by atoms with Gasteiger partial charge in [0, 0.05) is 0 Å². The van der Waals surface area contributed by atoms with Crippen molar-refractivity contribution >= 4 is 0 Å². The molecule has 48 valence electrons. The zero-order valence-corrected chi connectivity index (χ0v) is 5.72. The summed E-state index contributed by atoms with van der Waals surface area (Å²) in [7, 11) is 0. The van der Waals surface area contributed by atoms with Gasteiger partial charge in [-0.3, -0.25) is 0 Å². The number of hydrogen-bond donors (Lipinski definition) is 0. The highest BCUT2D eigenvalue weighted by atomic mass is 16.3. The molecule has 0 fully saturated rings. The third kappa shape index (κ3) is 2.72. The molecule has 2 nitrogen and oxygen atoms in total. The minimum atomic E-state index is 0.437. The van der Waals surface area contributed by atoms with Crippen molar-refractivity contribution in [1.29, 1.82) is 0 Å². The van der Waals surface area contributed by atoms with E-state index in [0.717, 1.165) is 0 Å². The molecular weight excluding hydrogens is 102 g/mol. The molecule has 1 atom stereocenters. The second-order valence-electron chi connectivity index (χ2n) is 2.53. The fraction of sp³-hybridized carbons (Fsp3) is 1.00. The molecule has 0 unspecified atom stereocenters. The quantitative estimate of drug-likeness (QED) is 0.517. The summed E-state index contributed by atoms with van der Waals surface area (Å²) >= 11 is 0. The van der Waals surface area contributed by atoms with Gasteiger partial charge in [0.05, 0.1) is 6.54 Å². The smallest absolute Gasteiger partial charge is 0.0839 e. The van der Waals surface area contributed by atoms with Gasteiger partial charge >= 0.3 is 0 Å². The van der Waals surface area contributed by atoms with Crippen molar-refractivity contribution in [3.63, 3.8) is 0 Å². The van der Waals surface area contributed by atoms with Gasteiger partial charge in [0.25, 0.3) is 0 Å².